The quantitative estimate of drug-likeness (QED) is 0.0262. The summed E-state index contributed by atoms with van der Waals surface area (Å²) in [5.41, 5.74) is 0. The molecular formula is C63H110O6. The van der Waals surface area contributed by atoms with Gasteiger partial charge in [0, 0.05) is 19.3 Å². The van der Waals surface area contributed by atoms with Crippen LogP contribution in [0.15, 0.2) is 72.9 Å². The van der Waals surface area contributed by atoms with Crippen molar-refractivity contribution in [1.29, 1.82) is 0 Å². The van der Waals surface area contributed by atoms with Crippen LogP contribution in [0.1, 0.15) is 290 Å². The van der Waals surface area contributed by atoms with Gasteiger partial charge in [0.15, 0.2) is 6.10 Å². The lowest BCUT2D eigenvalue weighted by atomic mass is 10.0. The fraction of sp³-hybridized carbons (Fsp3) is 0.762. The Balaban J connectivity index is 4.26. The topological polar surface area (TPSA) is 78.9 Å². The SMILES string of the molecule is CC/C=C\C/C=C\C/C=C\C/C=C\C/C=C\C/C=C\CCC(=O)OC(COC(=O)CCCCCCCCCC)COC(=O)CCCCCCCCCCCCCCCCCCCCCCCCCC. The van der Waals surface area contributed by atoms with E-state index in [1.807, 2.05) is 6.08 Å². The van der Waals surface area contributed by atoms with E-state index in [2.05, 4.69) is 87.6 Å². The van der Waals surface area contributed by atoms with Gasteiger partial charge in [-0.1, -0.05) is 286 Å². The lowest BCUT2D eigenvalue weighted by molar-refractivity contribution is -0.166. The molecule has 0 spiro atoms. The zero-order valence-corrected chi connectivity index (χ0v) is 45.6. The van der Waals surface area contributed by atoms with Crippen LogP contribution in [0.2, 0.25) is 0 Å². The van der Waals surface area contributed by atoms with Crippen molar-refractivity contribution in [3.05, 3.63) is 72.9 Å². The van der Waals surface area contributed by atoms with Crippen molar-refractivity contribution in [3.63, 3.8) is 0 Å². The molecule has 0 aliphatic heterocycles. The van der Waals surface area contributed by atoms with Gasteiger partial charge in [-0.25, -0.2) is 0 Å². The molecule has 0 saturated carbocycles. The van der Waals surface area contributed by atoms with Gasteiger partial charge in [0.05, 0.1) is 0 Å². The molecule has 0 aliphatic carbocycles. The standard InChI is InChI=1S/C63H110O6/c1-4-7-10-13-16-19-21-23-25-27-29-30-31-32-33-35-36-38-40-42-44-47-50-53-56-62(65)68-59-60(58-67-61(64)55-52-49-46-18-15-12-9-6-3)69-63(66)57-54-51-48-45-43-41-39-37-34-28-26-24-22-20-17-14-11-8-5-2/h8,11,17,20,24,26,34,37,41,43,48,51,60H,4-7,9-10,12-16,18-19,21-23,25,27-33,35-36,38-40,42,44-47,49-50,52-59H2,1-3H3/b11-8-,20-17-,26-24-,37-34-,43-41-,51-48-. The molecule has 0 radical (unpaired) electrons. The number of hydrogen-bond donors (Lipinski definition) is 0. The highest BCUT2D eigenvalue weighted by Gasteiger charge is 2.19. The van der Waals surface area contributed by atoms with Gasteiger partial charge < -0.3 is 14.2 Å². The van der Waals surface area contributed by atoms with Gasteiger partial charge in [-0.2, -0.15) is 0 Å². The van der Waals surface area contributed by atoms with Crippen LogP contribution < -0.4 is 0 Å². The molecule has 398 valence electrons. The molecule has 1 unspecified atom stereocenters. The highest BCUT2D eigenvalue weighted by atomic mass is 16.6. The summed E-state index contributed by atoms with van der Waals surface area (Å²) in [7, 11) is 0. The van der Waals surface area contributed by atoms with Crippen LogP contribution in [0.25, 0.3) is 0 Å². The molecule has 0 aromatic rings. The average Bonchev–Trinajstić information content (AvgIpc) is 3.35. The molecule has 0 rings (SSSR count). The molecule has 69 heavy (non-hydrogen) atoms. The summed E-state index contributed by atoms with van der Waals surface area (Å²) in [6.45, 7) is 6.46. The van der Waals surface area contributed by atoms with E-state index in [0.29, 0.717) is 19.3 Å². The lowest BCUT2D eigenvalue weighted by Crippen LogP contribution is -2.30. The molecule has 0 amide bonds. The van der Waals surface area contributed by atoms with Gasteiger partial charge in [-0.3, -0.25) is 14.4 Å². The van der Waals surface area contributed by atoms with Crippen molar-refractivity contribution in [1.82, 2.24) is 0 Å². The number of ether oxygens (including phenoxy) is 3. The summed E-state index contributed by atoms with van der Waals surface area (Å²) < 4.78 is 16.7. The zero-order chi connectivity index (χ0) is 50.0. The molecular weight excluding hydrogens is 853 g/mol. The van der Waals surface area contributed by atoms with E-state index < -0.39 is 6.10 Å². The van der Waals surface area contributed by atoms with Crippen LogP contribution in [0.4, 0.5) is 0 Å². The monoisotopic (exact) mass is 963 g/mol. The van der Waals surface area contributed by atoms with Crippen molar-refractivity contribution < 1.29 is 28.6 Å². The fourth-order valence-corrected chi connectivity index (χ4v) is 8.35. The normalized spacial score (nSPS) is 12.6. The first kappa shape index (κ1) is 65.8. The van der Waals surface area contributed by atoms with Gasteiger partial charge in [-0.05, 0) is 57.8 Å². The number of carbonyl (C=O) groups is 3. The van der Waals surface area contributed by atoms with E-state index in [9.17, 15) is 14.4 Å². The summed E-state index contributed by atoms with van der Waals surface area (Å²) in [6.07, 6.45) is 73.7. The molecule has 0 bridgehead atoms. The van der Waals surface area contributed by atoms with E-state index >= 15 is 0 Å². The molecule has 0 fully saturated rings. The van der Waals surface area contributed by atoms with Gasteiger partial charge in [-0.15, -0.1) is 0 Å². The molecule has 0 aromatic carbocycles. The molecule has 0 N–H and O–H groups in total. The third-order valence-electron chi connectivity index (χ3n) is 12.7. The Kier molecular flexibility index (Phi) is 54.8. The Bertz CT molecular complexity index is 1290. The maximum atomic E-state index is 12.8. The third-order valence-corrected chi connectivity index (χ3v) is 12.7. The molecule has 0 aliphatic rings. The van der Waals surface area contributed by atoms with Crippen molar-refractivity contribution in [2.45, 2.75) is 297 Å². The summed E-state index contributed by atoms with van der Waals surface area (Å²) in [5, 5.41) is 0. The number of hydrogen-bond acceptors (Lipinski definition) is 6. The van der Waals surface area contributed by atoms with Crippen LogP contribution in [0.5, 0.6) is 0 Å². The minimum Gasteiger partial charge on any atom is -0.462 e. The number of carbonyl (C=O) groups excluding carboxylic acids is 3. The smallest absolute Gasteiger partial charge is 0.306 e. The summed E-state index contributed by atoms with van der Waals surface area (Å²) in [5.74, 6) is -0.982. The number of esters is 3. The van der Waals surface area contributed by atoms with E-state index in [-0.39, 0.29) is 37.5 Å². The highest BCUT2D eigenvalue weighted by molar-refractivity contribution is 5.71. The van der Waals surface area contributed by atoms with Crippen molar-refractivity contribution in [3.8, 4) is 0 Å². The van der Waals surface area contributed by atoms with Crippen molar-refractivity contribution in [2.24, 2.45) is 0 Å². The molecule has 1 atom stereocenters. The maximum Gasteiger partial charge on any atom is 0.306 e. The third kappa shape index (κ3) is 55.6. The molecule has 6 nitrogen and oxygen atoms in total. The molecule has 0 saturated heterocycles. The van der Waals surface area contributed by atoms with E-state index in [0.717, 1.165) is 77.0 Å². The fourth-order valence-electron chi connectivity index (χ4n) is 8.35. The van der Waals surface area contributed by atoms with Gasteiger partial charge in [0.2, 0.25) is 0 Å². The zero-order valence-electron chi connectivity index (χ0n) is 45.6. The largest absolute Gasteiger partial charge is 0.462 e. The number of allylic oxidation sites excluding steroid dienone is 12. The predicted octanol–water partition coefficient (Wildman–Crippen LogP) is 19.8. The summed E-state index contributed by atoms with van der Waals surface area (Å²) >= 11 is 0. The second kappa shape index (κ2) is 57.4. The van der Waals surface area contributed by atoms with Crippen molar-refractivity contribution in [2.75, 3.05) is 13.2 Å². The maximum absolute atomic E-state index is 12.8. The van der Waals surface area contributed by atoms with E-state index in [1.54, 1.807) is 0 Å². The van der Waals surface area contributed by atoms with E-state index in [1.165, 1.54) is 167 Å². The molecule has 0 heterocycles. The van der Waals surface area contributed by atoms with Gasteiger partial charge in [0.25, 0.3) is 0 Å². The van der Waals surface area contributed by atoms with Crippen molar-refractivity contribution >= 4 is 17.9 Å². The Morgan fingerprint density at radius 3 is 0.855 bits per heavy atom. The molecule has 6 heteroatoms. The first-order valence-electron chi connectivity index (χ1n) is 29.4. The van der Waals surface area contributed by atoms with Crippen LogP contribution in [-0.2, 0) is 28.6 Å². The van der Waals surface area contributed by atoms with Crippen LogP contribution >= 0.6 is 0 Å². The Labute approximate surface area is 427 Å². The molecule has 0 aromatic heterocycles. The van der Waals surface area contributed by atoms with Gasteiger partial charge >= 0.3 is 17.9 Å². The minimum absolute atomic E-state index is 0.102. The average molecular weight is 964 g/mol. The first-order valence-corrected chi connectivity index (χ1v) is 29.4. The number of rotatable bonds is 53. The minimum atomic E-state index is -0.812. The summed E-state index contributed by atoms with van der Waals surface area (Å²) in [4.78, 5) is 38.0. The van der Waals surface area contributed by atoms with Gasteiger partial charge in [0.1, 0.15) is 13.2 Å². The first-order chi connectivity index (χ1) is 34.0. The Morgan fingerprint density at radius 2 is 0.565 bits per heavy atom. The summed E-state index contributed by atoms with van der Waals surface area (Å²) in [6, 6.07) is 0. The lowest BCUT2D eigenvalue weighted by Gasteiger charge is -2.18. The van der Waals surface area contributed by atoms with E-state index in [4.69, 9.17) is 14.2 Å². The Morgan fingerprint density at radius 1 is 0.304 bits per heavy atom. The van der Waals surface area contributed by atoms with Crippen LogP contribution in [0, 0.1) is 0 Å². The number of unbranched alkanes of at least 4 members (excludes halogenated alkanes) is 30. The second-order valence-corrected chi connectivity index (χ2v) is 19.5. The predicted molar refractivity (Wildman–Crippen MR) is 298 cm³/mol. The highest BCUT2D eigenvalue weighted by Crippen LogP contribution is 2.17. The van der Waals surface area contributed by atoms with Crippen LogP contribution in [-0.4, -0.2) is 37.2 Å². The second-order valence-electron chi connectivity index (χ2n) is 19.5. The van der Waals surface area contributed by atoms with Crippen LogP contribution in [0.3, 0.4) is 0 Å². The Hall–Kier alpha value is -3.15.